The Morgan fingerprint density at radius 1 is 1.16 bits per heavy atom. The molecule has 2 aliphatic heterocycles. The van der Waals surface area contributed by atoms with Crippen molar-refractivity contribution in [1.82, 2.24) is 5.32 Å². The highest BCUT2D eigenvalue weighted by molar-refractivity contribution is 7.87. The zero-order valence-corrected chi connectivity index (χ0v) is 15.1. The molecule has 1 fully saturated rings. The first kappa shape index (κ1) is 16.4. The van der Waals surface area contributed by atoms with E-state index in [0.29, 0.717) is 11.5 Å². The molecule has 2 unspecified atom stereocenters. The second kappa shape index (κ2) is 6.04. The van der Waals surface area contributed by atoms with Crippen molar-refractivity contribution in [3.63, 3.8) is 0 Å². The molecule has 2 aromatic carbocycles. The lowest BCUT2D eigenvalue weighted by Gasteiger charge is -2.24. The number of hydrogen-bond donors (Lipinski definition) is 1. The fourth-order valence-corrected chi connectivity index (χ4v) is 4.84. The Hall–Kier alpha value is -2.05. The van der Waals surface area contributed by atoms with Crippen molar-refractivity contribution >= 4 is 10.1 Å². The van der Waals surface area contributed by atoms with E-state index >= 15 is 0 Å². The van der Waals surface area contributed by atoms with Gasteiger partial charge < -0.3 is 14.2 Å². The summed E-state index contributed by atoms with van der Waals surface area (Å²) in [5.74, 6) is 1.39. The lowest BCUT2D eigenvalue weighted by atomic mass is 9.90. The molecule has 132 valence electrons. The molecule has 2 aliphatic rings. The molecule has 4 rings (SSSR count). The molecule has 0 aromatic heterocycles. The van der Waals surface area contributed by atoms with Gasteiger partial charge in [-0.2, -0.15) is 8.42 Å². The fourth-order valence-electron chi connectivity index (χ4n) is 3.60. The Kier molecular flexibility index (Phi) is 3.96. The molecule has 6 heteroatoms. The van der Waals surface area contributed by atoms with Gasteiger partial charge >= 0.3 is 10.1 Å². The van der Waals surface area contributed by atoms with Crippen molar-refractivity contribution in [3.8, 4) is 11.5 Å². The van der Waals surface area contributed by atoms with Crippen LogP contribution in [0.15, 0.2) is 41.3 Å². The summed E-state index contributed by atoms with van der Waals surface area (Å²) in [6.07, 6.45) is 1.15. The molecular weight excluding hydrogens is 338 g/mol. The van der Waals surface area contributed by atoms with Gasteiger partial charge in [0, 0.05) is 24.1 Å². The Bertz CT molecular complexity index is 923. The predicted molar refractivity (Wildman–Crippen MR) is 94.8 cm³/mol. The fraction of sp³-hybridized carbons (Fsp3) is 0.368. The number of nitrogens with one attached hydrogen (secondary N) is 1. The van der Waals surface area contributed by atoms with Crippen LogP contribution in [-0.4, -0.2) is 27.6 Å². The molecule has 2 aromatic rings. The van der Waals surface area contributed by atoms with Gasteiger partial charge in [0.25, 0.3) is 0 Å². The summed E-state index contributed by atoms with van der Waals surface area (Å²) in [6.45, 7) is 5.41. The average molecular weight is 359 g/mol. The molecular formula is C19H21NO4S. The van der Waals surface area contributed by atoms with Crippen LogP contribution >= 0.6 is 0 Å². The van der Waals surface area contributed by atoms with E-state index < -0.39 is 10.1 Å². The lowest BCUT2D eigenvalue weighted by molar-refractivity contribution is 0.176. The van der Waals surface area contributed by atoms with Crippen molar-refractivity contribution < 1.29 is 17.3 Å². The Balaban J connectivity index is 1.63. The molecule has 5 nitrogen and oxygen atoms in total. The van der Waals surface area contributed by atoms with Crippen LogP contribution in [-0.2, 0) is 10.1 Å². The molecule has 1 saturated heterocycles. The molecule has 25 heavy (non-hydrogen) atoms. The van der Waals surface area contributed by atoms with E-state index in [1.165, 1.54) is 0 Å². The van der Waals surface area contributed by atoms with Gasteiger partial charge in [0.15, 0.2) is 0 Å². The highest BCUT2D eigenvalue weighted by Crippen LogP contribution is 2.43. The molecule has 2 heterocycles. The lowest BCUT2D eigenvalue weighted by Crippen LogP contribution is -2.39. The molecule has 2 atom stereocenters. The van der Waals surface area contributed by atoms with Gasteiger partial charge in [0.2, 0.25) is 0 Å². The van der Waals surface area contributed by atoms with Gasteiger partial charge in [0.1, 0.15) is 22.5 Å². The van der Waals surface area contributed by atoms with E-state index in [0.717, 1.165) is 36.4 Å². The van der Waals surface area contributed by atoms with E-state index in [1.807, 2.05) is 19.1 Å². The zero-order chi connectivity index (χ0) is 17.6. The minimum Gasteiger partial charge on any atom is -0.488 e. The first-order valence-corrected chi connectivity index (χ1v) is 9.88. The van der Waals surface area contributed by atoms with E-state index in [9.17, 15) is 8.42 Å². The van der Waals surface area contributed by atoms with Crippen LogP contribution in [0.5, 0.6) is 11.5 Å². The maximum Gasteiger partial charge on any atom is 0.339 e. The standard InChI is InChI=1S/C19H21NO4S/c1-12-3-4-13(2)19(9-12)25(21,22)24-14-5-6-15-16-7-8-20-11-18(16)23-17(15)10-14/h3-6,9-10,16,18,20H,7-8,11H2,1-2H3. The summed E-state index contributed by atoms with van der Waals surface area (Å²) < 4.78 is 36.7. The SMILES string of the molecule is Cc1ccc(C)c(S(=O)(=O)Oc2ccc3c(c2)OC2CNCCC32)c1. The van der Waals surface area contributed by atoms with Crippen LogP contribution in [0, 0.1) is 13.8 Å². The van der Waals surface area contributed by atoms with Gasteiger partial charge in [-0.25, -0.2) is 0 Å². The van der Waals surface area contributed by atoms with Gasteiger partial charge in [0.05, 0.1) is 0 Å². The second-order valence-corrected chi connectivity index (χ2v) is 8.28. The Labute approximate surface area is 148 Å². The topological polar surface area (TPSA) is 64.6 Å². The Morgan fingerprint density at radius 3 is 2.84 bits per heavy atom. The zero-order valence-electron chi connectivity index (χ0n) is 14.3. The molecule has 0 aliphatic carbocycles. The third kappa shape index (κ3) is 3.00. The van der Waals surface area contributed by atoms with Crippen molar-refractivity contribution in [2.75, 3.05) is 13.1 Å². The highest BCUT2D eigenvalue weighted by atomic mass is 32.2. The summed E-state index contributed by atoms with van der Waals surface area (Å²) in [7, 11) is -3.88. The summed E-state index contributed by atoms with van der Waals surface area (Å²) in [6, 6.07) is 10.6. The molecule has 0 radical (unpaired) electrons. The van der Waals surface area contributed by atoms with Crippen molar-refractivity contribution in [3.05, 3.63) is 53.1 Å². The summed E-state index contributed by atoms with van der Waals surface area (Å²) in [5.41, 5.74) is 2.68. The van der Waals surface area contributed by atoms with E-state index in [1.54, 1.807) is 31.2 Å². The average Bonchev–Trinajstić information content (AvgIpc) is 2.94. The van der Waals surface area contributed by atoms with Crippen molar-refractivity contribution in [2.24, 2.45) is 0 Å². The number of hydrogen-bond acceptors (Lipinski definition) is 5. The van der Waals surface area contributed by atoms with Crippen LogP contribution in [0.1, 0.15) is 29.0 Å². The van der Waals surface area contributed by atoms with Gasteiger partial charge in [-0.3, -0.25) is 0 Å². The quantitative estimate of drug-likeness (QED) is 0.854. The van der Waals surface area contributed by atoms with E-state index in [2.05, 4.69) is 5.32 Å². The number of aryl methyl sites for hydroxylation is 2. The van der Waals surface area contributed by atoms with Crippen LogP contribution in [0.4, 0.5) is 0 Å². The smallest absolute Gasteiger partial charge is 0.339 e. The molecule has 0 bridgehead atoms. The monoisotopic (exact) mass is 359 g/mol. The maximum atomic E-state index is 12.7. The third-order valence-corrected chi connectivity index (χ3v) is 6.30. The van der Waals surface area contributed by atoms with Gasteiger partial charge in [-0.15, -0.1) is 0 Å². The molecule has 0 amide bonds. The van der Waals surface area contributed by atoms with Crippen LogP contribution in [0.2, 0.25) is 0 Å². The Morgan fingerprint density at radius 2 is 2.00 bits per heavy atom. The highest BCUT2D eigenvalue weighted by Gasteiger charge is 2.36. The van der Waals surface area contributed by atoms with Crippen LogP contribution < -0.4 is 14.2 Å². The largest absolute Gasteiger partial charge is 0.488 e. The third-order valence-electron chi connectivity index (χ3n) is 4.91. The maximum absolute atomic E-state index is 12.7. The summed E-state index contributed by atoms with van der Waals surface area (Å²) >= 11 is 0. The van der Waals surface area contributed by atoms with Gasteiger partial charge in [-0.1, -0.05) is 18.2 Å². The molecule has 0 saturated carbocycles. The minimum absolute atomic E-state index is 0.120. The van der Waals surface area contributed by atoms with Crippen LogP contribution in [0.25, 0.3) is 0 Å². The predicted octanol–water partition coefficient (Wildman–Crippen LogP) is 2.91. The van der Waals surface area contributed by atoms with E-state index in [-0.39, 0.29) is 16.7 Å². The number of rotatable bonds is 3. The number of benzene rings is 2. The number of fused-ring (bicyclic) bond motifs is 3. The van der Waals surface area contributed by atoms with Crippen molar-refractivity contribution in [1.29, 1.82) is 0 Å². The first-order valence-electron chi connectivity index (χ1n) is 8.47. The molecule has 0 spiro atoms. The second-order valence-electron chi connectivity index (χ2n) is 6.76. The van der Waals surface area contributed by atoms with E-state index in [4.69, 9.17) is 8.92 Å². The summed E-state index contributed by atoms with van der Waals surface area (Å²) in [5, 5.41) is 3.32. The van der Waals surface area contributed by atoms with Crippen molar-refractivity contribution in [2.45, 2.75) is 37.2 Å². The normalized spacial score (nSPS) is 22.0. The first-order chi connectivity index (χ1) is 11.9. The number of ether oxygens (including phenoxy) is 1. The molecule has 1 N–H and O–H groups in total. The van der Waals surface area contributed by atoms with Gasteiger partial charge in [-0.05, 0) is 50.1 Å². The van der Waals surface area contributed by atoms with Crippen LogP contribution in [0.3, 0.4) is 0 Å². The summed E-state index contributed by atoms with van der Waals surface area (Å²) in [4.78, 5) is 0.201. The minimum atomic E-state index is -3.88. The number of piperidine rings is 1.